The zero-order chi connectivity index (χ0) is 19.4. The van der Waals surface area contributed by atoms with E-state index in [2.05, 4.69) is 10.5 Å². The van der Waals surface area contributed by atoms with Crippen molar-refractivity contribution in [1.29, 1.82) is 0 Å². The molecule has 7 nitrogen and oxygen atoms in total. The minimum absolute atomic E-state index is 0.167. The summed E-state index contributed by atoms with van der Waals surface area (Å²) in [6, 6.07) is 3.74. The van der Waals surface area contributed by atoms with Crippen LogP contribution in [-0.4, -0.2) is 41.0 Å². The van der Waals surface area contributed by atoms with E-state index >= 15 is 0 Å². The van der Waals surface area contributed by atoms with Crippen LogP contribution in [0.25, 0.3) is 0 Å². The van der Waals surface area contributed by atoms with Crippen LogP contribution in [0, 0.1) is 0 Å². The van der Waals surface area contributed by atoms with Crippen LogP contribution in [0.15, 0.2) is 24.5 Å². The molecule has 9 heteroatoms. The lowest BCUT2D eigenvalue weighted by Gasteiger charge is -2.25. The molecule has 2 aromatic rings. The molecule has 2 aliphatic rings. The first-order valence-electron chi connectivity index (χ1n) is 8.91. The normalized spacial score (nSPS) is 19.0. The molecule has 1 N–H and O–H groups in total. The van der Waals surface area contributed by atoms with E-state index in [0.29, 0.717) is 23.1 Å². The first kappa shape index (κ1) is 17.8. The third kappa shape index (κ3) is 3.16. The molecule has 0 aliphatic carbocycles. The second-order valence-electron chi connectivity index (χ2n) is 8.03. The monoisotopic (exact) mass is 375 g/mol. The maximum atomic E-state index is 13.9. The number of nitrogens with zero attached hydrogens (tertiary/aromatic N) is 6. The maximum absolute atomic E-state index is 13.9. The number of aromatic nitrogens is 3. The van der Waals surface area contributed by atoms with Crippen molar-refractivity contribution in [2.24, 2.45) is 0 Å². The number of hydrogen-bond acceptors (Lipinski definition) is 7. The molecule has 0 unspecified atom stereocenters. The van der Waals surface area contributed by atoms with Crippen molar-refractivity contribution in [1.82, 2.24) is 20.5 Å². The molecule has 4 rings (SSSR count). The average molecular weight is 375 g/mol. The van der Waals surface area contributed by atoms with Crippen LogP contribution in [0.4, 0.5) is 31.8 Å². The number of hydrazine groups is 2. The molecule has 0 atom stereocenters. The third-order valence-electron chi connectivity index (χ3n) is 4.69. The van der Waals surface area contributed by atoms with Gasteiger partial charge in [0.2, 0.25) is 0 Å². The molecular weight excluding hydrogens is 352 g/mol. The largest absolute Gasteiger partial charge is 0.348 e. The van der Waals surface area contributed by atoms with E-state index in [1.54, 1.807) is 27.3 Å². The van der Waals surface area contributed by atoms with Crippen molar-refractivity contribution >= 4 is 23.0 Å². The quantitative estimate of drug-likeness (QED) is 0.866. The highest BCUT2D eigenvalue weighted by molar-refractivity contribution is 5.85. The lowest BCUT2D eigenvalue weighted by Crippen LogP contribution is -2.39. The Morgan fingerprint density at radius 2 is 1.93 bits per heavy atom. The fourth-order valence-electron chi connectivity index (χ4n) is 3.27. The third-order valence-corrected chi connectivity index (χ3v) is 4.69. The Kier molecular flexibility index (Phi) is 3.95. The number of halogens is 2. The molecule has 0 aromatic carbocycles. The predicted octanol–water partition coefficient (Wildman–Crippen LogP) is 3.02. The fourth-order valence-corrected chi connectivity index (χ4v) is 3.27. The van der Waals surface area contributed by atoms with Gasteiger partial charge in [-0.1, -0.05) is 20.8 Å². The molecule has 0 saturated carbocycles. The van der Waals surface area contributed by atoms with E-state index in [4.69, 9.17) is 9.97 Å². The van der Waals surface area contributed by atoms with E-state index in [1.165, 1.54) is 0 Å². The van der Waals surface area contributed by atoms with E-state index in [-0.39, 0.29) is 24.9 Å². The van der Waals surface area contributed by atoms with Gasteiger partial charge in [0.05, 0.1) is 18.4 Å². The number of fused-ring (bicyclic) bond motifs is 1. The van der Waals surface area contributed by atoms with Crippen LogP contribution in [0.5, 0.6) is 0 Å². The molecule has 1 saturated heterocycles. The highest BCUT2D eigenvalue weighted by Crippen LogP contribution is 2.44. The second kappa shape index (κ2) is 5.98. The van der Waals surface area contributed by atoms with Gasteiger partial charge in [-0.3, -0.25) is 9.99 Å². The van der Waals surface area contributed by atoms with Crippen LogP contribution >= 0.6 is 0 Å². The van der Waals surface area contributed by atoms with Gasteiger partial charge in [-0.2, -0.15) is 0 Å². The van der Waals surface area contributed by atoms with Gasteiger partial charge in [0.15, 0.2) is 11.6 Å². The van der Waals surface area contributed by atoms with Crippen molar-refractivity contribution < 1.29 is 8.78 Å². The lowest BCUT2D eigenvalue weighted by atomic mass is 9.95. The van der Waals surface area contributed by atoms with Crippen molar-refractivity contribution in [3.05, 3.63) is 30.4 Å². The first-order chi connectivity index (χ1) is 12.7. The second-order valence-corrected chi connectivity index (χ2v) is 8.03. The molecular formula is C18H23F2N7. The predicted molar refractivity (Wildman–Crippen MR) is 100 cm³/mol. The number of rotatable bonds is 2. The number of hydrogen-bond donors (Lipinski definition) is 1. The Balaban J connectivity index is 1.87. The van der Waals surface area contributed by atoms with Gasteiger partial charge in [-0.25, -0.2) is 23.8 Å². The molecule has 2 aliphatic heterocycles. The van der Waals surface area contributed by atoms with Gasteiger partial charge in [-0.05, 0) is 12.1 Å². The van der Waals surface area contributed by atoms with Crippen molar-refractivity contribution in [2.45, 2.75) is 38.5 Å². The summed E-state index contributed by atoms with van der Waals surface area (Å²) in [5.41, 5.74) is 4.37. The Hall–Kier alpha value is -2.55. The molecule has 0 radical (unpaired) electrons. The summed E-state index contributed by atoms with van der Waals surface area (Å²) < 4.78 is 27.7. The summed E-state index contributed by atoms with van der Waals surface area (Å²) >= 11 is 0. The fraction of sp³-hybridized carbons (Fsp3) is 0.500. The summed E-state index contributed by atoms with van der Waals surface area (Å²) in [5.74, 6) is -0.926. The number of anilines is 4. The number of pyridine rings is 1. The summed E-state index contributed by atoms with van der Waals surface area (Å²) in [6.07, 6.45) is 3.25. The van der Waals surface area contributed by atoms with E-state index in [1.807, 2.05) is 40.0 Å². The lowest BCUT2D eigenvalue weighted by molar-refractivity contribution is 0.0257. The summed E-state index contributed by atoms with van der Waals surface area (Å²) in [7, 11) is 1.83. The molecule has 4 heterocycles. The highest BCUT2D eigenvalue weighted by atomic mass is 19.3. The Morgan fingerprint density at radius 1 is 1.19 bits per heavy atom. The molecule has 27 heavy (non-hydrogen) atoms. The van der Waals surface area contributed by atoms with Gasteiger partial charge in [0.25, 0.3) is 5.92 Å². The van der Waals surface area contributed by atoms with Crippen molar-refractivity contribution in [3.63, 3.8) is 0 Å². The van der Waals surface area contributed by atoms with Crippen LogP contribution in [0.2, 0.25) is 0 Å². The molecule has 0 bridgehead atoms. The first-order valence-corrected chi connectivity index (χ1v) is 8.91. The van der Waals surface area contributed by atoms with Crippen LogP contribution in [0.3, 0.4) is 0 Å². The zero-order valence-electron chi connectivity index (χ0n) is 15.9. The summed E-state index contributed by atoms with van der Waals surface area (Å²) in [6.45, 7) is 5.97. The van der Waals surface area contributed by atoms with E-state index in [0.717, 1.165) is 5.69 Å². The van der Waals surface area contributed by atoms with Crippen molar-refractivity contribution in [3.8, 4) is 0 Å². The van der Waals surface area contributed by atoms with Crippen LogP contribution in [0.1, 0.15) is 33.0 Å². The SMILES string of the molecule is CN1NN(c2cccnc2)c2nc(C(C)(C)C)nc(N3CCC(F)(F)C3)c21. The molecule has 0 amide bonds. The molecule has 1 fully saturated rings. The standard InChI is InChI=1S/C18H23F2N7/c1-17(2,3)16-22-14(26-9-7-18(19,20)11-26)13-15(23-16)27(24-25(13)4)12-6-5-8-21-10-12/h5-6,8,10,24H,7,9,11H2,1-4H3. The maximum Gasteiger partial charge on any atom is 0.266 e. The van der Waals surface area contributed by atoms with Gasteiger partial charge < -0.3 is 4.90 Å². The number of alkyl halides is 2. The van der Waals surface area contributed by atoms with E-state index in [9.17, 15) is 8.78 Å². The minimum Gasteiger partial charge on any atom is -0.348 e. The average Bonchev–Trinajstić information content (AvgIpc) is 3.14. The van der Waals surface area contributed by atoms with Crippen LogP contribution < -0.4 is 20.5 Å². The molecule has 144 valence electrons. The molecule has 0 spiro atoms. The van der Waals surface area contributed by atoms with Gasteiger partial charge in [-0.15, -0.1) is 5.53 Å². The summed E-state index contributed by atoms with van der Waals surface area (Å²) in [5, 5.41) is 3.57. The van der Waals surface area contributed by atoms with Gasteiger partial charge >= 0.3 is 0 Å². The number of nitrogens with one attached hydrogen (secondary N) is 1. The van der Waals surface area contributed by atoms with Crippen LogP contribution in [-0.2, 0) is 5.41 Å². The minimum atomic E-state index is -2.70. The smallest absolute Gasteiger partial charge is 0.266 e. The Labute approximate surface area is 157 Å². The highest BCUT2D eigenvalue weighted by Gasteiger charge is 2.42. The van der Waals surface area contributed by atoms with Gasteiger partial charge in [0, 0.05) is 31.6 Å². The summed E-state index contributed by atoms with van der Waals surface area (Å²) in [4.78, 5) is 15.3. The van der Waals surface area contributed by atoms with Gasteiger partial charge in [0.1, 0.15) is 11.5 Å². The topological polar surface area (TPSA) is 60.4 Å². The molecule has 2 aromatic heterocycles. The zero-order valence-corrected chi connectivity index (χ0v) is 15.9. The Morgan fingerprint density at radius 3 is 2.52 bits per heavy atom. The van der Waals surface area contributed by atoms with Crippen molar-refractivity contribution in [2.75, 3.05) is 35.1 Å². The Bertz CT molecular complexity index is 851. The van der Waals surface area contributed by atoms with E-state index < -0.39 is 5.92 Å².